The van der Waals surface area contributed by atoms with Crippen molar-refractivity contribution in [3.8, 4) is 17.6 Å². The van der Waals surface area contributed by atoms with Crippen LogP contribution in [0, 0.1) is 20.7 Å². The summed E-state index contributed by atoms with van der Waals surface area (Å²) in [7, 11) is 3.10. The van der Waals surface area contributed by atoms with Crippen molar-refractivity contribution >= 4 is 34.5 Å². The van der Waals surface area contributed by atoms with Crippen molar-refractivity contribution in [2.75, 3.05) is 19.1 Å². The molecule has 8 nitrogen and oxygen atoms in total. The molecule has 0 saturated carbocycles. The molecule has 0 fully saturated rings. The molecule has 1 aromatic carbocycles. The maximum absolute atomic E-state index is 13.5. The number of nitriles is 1. The third-order valence-electron chi connectivity index (χ3n) is 5.74. The minimum absolute atomic E-state index is 0.0135. The summed E-state index contributed by atoms with van der Waals surface area (Å²) in [6, 6.07) is 7.64. The molecule has 10 heteroatoms. The monoisotopic (exact) mass is 469 g/mol. The summed E-state index contributed by atoms with van der Waals surface area (Å²) >= 11 is 6.45. The molecule has 1 aliphatic carbocycles. The third kappa shape index (κ3) is 3.57. The number of nitrogens with one attached hydrogen (secondary N) is 1. The molecule has 1 aromatic heterocycles. The van der Waals surface area contributed by atoms with E-state index in [1.54, 1.807) is 31.3 Å². The van der Waals surface area contributed by atoms with Gasteiger partial charge in [-0.2, -0.15) is 5.26 Å². The summed E-state index contributed by atoms with van der Waals surface area (Å²) in [6.45, 7) is 4.09. The largest absolute Gasteiger partial charge is 0.493 e. The van der Waals surface area contributed by atoms with Crippen molar-refractivity contribution in [3.05, 3.63) is 50.4 Å². The number of carbonyl (C=O) groups excluding carboxylic acids is 1. The number of nitrogens with two attached hydrogens (primary N) is 1. The quantitative estimate of drug-likeness (QED) is 0.641. The van der Waals surface area contributed by atoms with Gasteiger partial charge in [0.1, 0.15) is 5.82 Å². The Kier molecular flexibility index (Phi) is 5.56. The smallest absolute Gasteiger partial charge is 0.216 e. The number of hydrogen-bond acceptors (Lipinski definition) is 9. The van der Waals surface area contributed by atoms with Crippen LogP contribution in [0.1, 0.15) is 38.2 Å². The maximum Gasteiger partial charge on any atom is 0.216 e. The van der Waals surface area contributed by atoms with E-state index in [1.807, 2.05) is 19.9 Å². The fourth-order valence-corrected chi connectivity index (χ4v) is 5.33. The van der Waals surface area contributed by atoms with E-state index in [4.69, 9.17) is 27.4 Å². The lowest BCUT2D eigenvalue weighted by Gasteiger charge is -2.42. The number of ether oxygens (including phenoxy) is 2. The van der Waals surface area contributed by atoms with Crippen LogP contribution in [-0.4, -0.2) is 30.2 Å². The number of H-pyrrole nitrogens is 1. The lowest BCUT2D eigenvalue weighted by molar-refractivity contribution is -0.118. The first-order chi connectivity index (χ1) is 15.2. The zero-order valence-corrected chi connectivity index (χ0v) is 19.8. The van der Waals surface area contributed by atoms with Crippen LogP contribution in [0.15, 0.2) is 40.9 Å². The van der Waals surface area contributed by atoms with Crippen LogP contribution in [0.3, 0.4) is 0 Å². The fourth-order valence-electron chi connectivity index (χ4n) is 4.41. The molecule has 0 bridgehead atoms. The highest BCUT2D eigenvalue weighted by atomic mass is 32.1. The van der Waals surface area contributed by atoms with E-state index in [2.05, 4.69) is 16.3 Å². The average molecular weight is 470 g/mol. The number of nitrogens with zero attached hydrogens (tertiary/aromatic N) is 3. The van der Waals surface area contributed by atoms with E-state index in [1.165, 1.54) is 11.3 Å². The van der Waals surface area contributed by atoms with Gasteiger partial charge in [0, 0.05) is 17.7 Å². The second kappa shape index (κ2) is 8.07. The number of aromatic amines is 1. The summed E-state index contributed by atoms with van der Waals surface area (Å²) in [5, 5.41) is 17.7. The number of carbonyl (C=O) groups is 1. The van der Waals surface area contributed by atoms with Gasteiger partial charge in [0.15, 0.2) is 21.2 Å². The Morgan fingerprint density at radius 2 is 2.03 bits per heavy atom. The number of Topliss-reactive ketones (excluding diaryl/α,β-unsaturated/α-hetero) is 1. The van der Waals surface area contributed by atoms with Gasteiger partial charge >= 0.3 is 0 Å². The van der Waals surface area contributed by atoms with E-state index in [0.717, 1.165) is 11.3 Å². The zero-order valence-electron chi connectivity index (χ0n) is 18.2. The van der Waals surface area contributed by atoms with E-state index in [-0.39, 0.29) is 22.6 Å². The highest BCUT2D eigenvalue weighted by Gasteiger charge is 2.45. The van der Waals surface area contributed by atoms with Crippen molar-refractivity contribution in [2.45, 2.75) is 32.6 Å². The van der Waals surface area contributed by atoms with Crippen LogP contribution >= 0.6 is 23.6 Å². The topological polar surface area (TPSA) is 117 Å². The summed E-state index contributed by atoms with van der Waals surface area (Å²) in [4.78, 5) is 15.2. The molecule has 1 unspecified atom stereocenters. The number of rotatable bonds is 4. The SMILES string of the molecule is COc1ccc(C2C(C#N)=C(N)N(c3n[nH]c(=S)s3)C3=C2C(=O)CC(C)(C)C3)cc1OC. The minimum Gasteiger partial charge on any atom is -0.493 e. The van der Waals surface area contributed by atoms with Crippen LogP contribution in [0.4, 0.5) is 5.13 Å². The van der Waals surface area contributed by atoms with Crippen molar-refractivity contribution in [2.24, 2.45) is 11.1 Å². The summed E-state index contributed by atoms with van der Waals surface area (Å²) in [6.07, 6.45) is 0.974. The Balaban J connectivity index is 1.99. The summed E-state index contributed by atoms with van der Waals surface area (Å²) < 4.78 is 11.3. The first-order valence-electron chi connectivity index (χ1n) is 9.94. The van der Waals surface area contributed by atoms with Gasteiger partial charge < -0.3 is 15.2 Å². The van der Waals surface area contributed by atoms with E-state index < -0.39 is 5.92 Å². The first kappa shape index (κ1) is 22.0. The molecular formula is C22H23N5O3S2. The third-order valence-corrected chi connectivity index (χ3v) is 6.81. The Morgan fingerprint density at radius 1 is 1.31 bits per heavy atom. The number of allylic oxidation sites excluding steroid dienone is 3. The molecule has 2 aliphatic rings. The lowest BCUT2D eigenvalue weighted by Crippen LogP contribution is -2.42. The molecule has 3 N–H and O–H groups in total. The second-order valence-electron chi connectivity index (χ2n) is 8.49. The Morgan fingerprint density at radius 3 is 2.62 bits per heavy atom. The zero-order chi connectivity index (χ0) is 23.2. The predicted molar refractivity (Wildman–Crippen MR) is 124 cm³/mol. The molecule has 4 rings (SSSR count). The second-order valence-corrected chi connectivity index (χ2v) is 10.1. The highest BCUT2D eigenvalue weighted by Crippen LogP contribution is 2.51. The average Bonchev–Trinajstić information content (AvgIpc) is 3.17. The van der Waals surface area contributed by atoms with Crippen LogP contribution in [0.25, 0.3) is 0 Å². The van der Waals surface area contributed by atoms with Gasteiger partial charge in [-0.05, 0) is 41.7 Å². The molecule has 166 valence electrons. The van der Waals surface area contributed by atoms with Crippen LogP contribution < -0.4 is 20.1 Å². The van der Waals surface area contributed by atoms with Crippen molar-refractivity contribution in [1.82, 2.24) is 10.2 Å². The standard InChI is InChI=1S/C22H23N5O3S2/c1-22(2)8-13-18(14(28)9-22)17(11-5-6-15(29-3)16(7-11)30-4)12(10-23)19(24)27(13)20-25-26-21(31)32-20/h5-7,17H,8-9,24H2,1-4H3,(H,26,31). The molecule has 0 spiro atoms. The van der Waals surface area contributed by atoms with Gasteiger partial charge in [-0.15, -0.1) is 5.10 Å². The van der Waals surface area contributed by atoms with E-state index >= 15 is 0 Å². The number of hydrogen-bond donors (Lipinski definition) is 2. The Bertz CT molecular complexity index is 1260. The lowest BCUT2D eigenvalue weighted by atomic mass is 9.68. The summed E-state index contributed by atoms with van der Waals surface area (Å²) in [5.74, 6) is 0.696. The molecule has 1 atom stereocenters. The highest BCUT2D eigenvalue weighted by molar-refractivity contribution is 7.73. The van der Waals surface area contributed by atoms with Crippen LogP contribution in [-0.2, 0) is 4.79 Å². The minimum atomic E-state index is -0.610. The van der Waals surface area contributed by atoms with Crippen molar-refractivity contribution in [1.29, 1.82) is 5.26 Å². The van der Waals surface area contributed by atoms with Gasteiger partial charge in [0.05, 0.1) is 31.8 Å². The maximum atomic E-state index is 13.5. The van der Waals surface area contributed by atoms with Gasteiger partial charge in [0.2, 0.25) is 5.13 Å². The van der Waals surface area contributed by atoms with Crippen molar-refractivity contribution in [3.63, 3.8) is 0 Å². The molecule has 0 saturated heterocycles. The Labute approximate surface area is 194 Å². The molecule has 2 heterocycles. The van der Waals surface area contributed by atoms with Crippen LogP contribution in [0.2, 0.25) is 0 Å². The normalized spacial score (nSPS) is 20.2. The fraction of sp³-hybridized carbons (Fsp3) is 0.364. The molecule has 1 aliphatic heterocycles. The van der Waals surface area contributed by atoms with E-state index in [0.29, 0.717) is 39.0 Å². The van der Waals surface area contributed by atoms with Crippen LogP contribution in [0.5, 0.6) is 11.5 Å². The van der Waals surface area contributed by atoms with E-state index in [9.17, 15) is 10.1 Å². The Hall–Kier alpha value is -3.16. The molecule has 2 aromatic rings. The van der Waals surface area contributed by atoms with Gasteiger partial charge in [-0.1, -0.05) is 31.3 Å². The number of benzene rings is 1. The molecular weight excluding hydrogens is 446 g/mol. The molecule has 0 amide bonds. The number of aromatic nitrogens is 2. The number of methoxy groups -OCH3 is 2. The van der Waals surface area contributed by atoms with Crippen molar-refractivity contribution < 1.29 is 14.3 Å². The van der Waals surface area contributed by atoms with Gasteiger partial charge in [-0.25, -0.2) is 0 Å². The molecule has 0 radical (unpaired) electrons. The molecule has 32 heavy (non-hydrogen) atoms. The van der Waals surface area contributed by atoms with Gasteiger partial charge in [0.25, 0.3) is 0 Å². The summed E-state index contributed by atoms with van der Waals surface area (Å²) in [5.41, 5.74) is 8.63. The predicted octanol–water partition coefficient (Wildman–Crippen LogP) is 4.16. The van der Waals surface area contributed by atoms with Gasteiger partial charge in [-0.3, -0.25) is 14.8 Å². The number of ketones is 1. The number of anilines is 1. The first-order valence-corrected chi connectivity index (χ1v) is 11.2.